The lowest BCUT2D eigenvalue weighted by Gasteiger charge is -2.32. The highest BCUT2D eigenvalue weighted by Gasteiger charge is 2.31. The summed E-state index contributed by atoms with van der Waals surface area (Å²) in [7, 11) is 0. The van der Waals surface area contributed by atoms with Gasteiger partial charge < -0.3 is 14.8 Å². The molecule has 0 spiro atoms. The Bertz CT molecular complexity index is 1030. The van der Waals surface area contributed by atoms with Gasteiger partial charge in [-0.1, -0.05) is 30.3 Å². The summed E-state index contributed by atoms with van der Waals surface area (Å²) in [4.78, 5) is 19.5. The third-order valence-electron chi connectivity index (χ3n) is 5.99. The molecule has 2 aromatic carbocycles. The number of aromatic nitrogens is 2. The van der Waals surface area contributed by atoms with E-state index in [4.69, 9.17) is 4.98 Å². The van der Waals surface area contributed by atoms with E-state index < -0.39 is 0 Å². The minimum atomic E-state index is -0.202. The molecule has 1 N–H and O–H groups in total. The molecule has 2 fully saturated rings. The van der Waals surface area contributed by atoms with Crippen molar-refractivity contribution in [3.63, 3.8) is 0 Å². The Kier molecular flexibility index (Phi) is 4.70. The average Bonchev–Trinajstić information content (AvgIpc) is 3.49. The largest absolute Gasteiger partial charge is 0.353 e. The van der Waals surface area contributed by atoms with Crippen LogP contribution in [0.5, 0.6) is 0 Å². The normalized spacial score (nSPS) is 17.6. The Morgan fingerprint density at radius 1 is 1.03 bits per heavy atom. The monoisotopic (exact) mass is 392 g/mol. The summed E-state index contributed by atoms with van der Waals surface area (Å²) in [6.07, 6.45) is 3.87. The van der Waals surface area contributed by atoms with Crippen LogP contribution in [0.2, 0.25) is 0 Å². The molecule has 0 radical (unpaired) electrons. The molecule has 2 aliphatic rings. The molecule has 1 saturated carbocycles. The number of anilines is 1. The van der Waals surface area contributed by atoms with Crippen molar-refractivity contribution in [2.45, 2.75) is 38.3 Å². The minimum absolute atomic E-state index is 0.0799. The SMILES string of the molecule is O=C(NC1CC1)C1CCN(c2nc3ccccc3n2Cc2ccccc2F)CC1. The number of nitrogens with one attached hydrogen (secondary N) is 1. The standard InChI is InChI=1S/C23H25FN4O/c24-19-6-2-1-5-17(19)15-28-21-8-4-3-7-20(21)26-23(28)27-13-11-16(12-14-27)22(29)25-18-9-10-18/h1-8,16,18H,9-15H2,(H,25,29). The molecule has 1 aliphatic heterocycles. The topological polar surface area (TPSA) is 50.2 Å². The number of nitrogens with zero attached hydrogens (tertiary/aromatic N) is 3. The Balaban J connectivity index is 1.40. The average molecular weight is 392 g/mol. The number of carbonyl (C=O) groups excluding carboxylic acids is 1. The van der Waals surface area contributed by atoms with E-state index in [9.17, 15) is 9.18 Å². The second-order valence-corrected chi connectivity index (χ2v) is 8.12. The van der Waals surface area contributed by atoms with E-state index in [2.05, 4.69) is 14.8 Å². The maximum Gasteiger partial charge on any atom is 0.223 e. The molecule has 3 aromatic rings. The van der Waals surface area contributed by atoms with Crippen molar-refractivity contribution in [1.29, 1.82) is 0 Å². The molecule has 1 saturated heterocycles. The highest BCUT2D eigenvalue weighted by molar-refractivity contribution is 5.80. The highest BCUT2D eigenvalue weighted by atomic mass is 19.1. The zero-order valence-corrected chi connectivity index (χ0v) is 16.4. The number of amides is 1. The maximum atomic E-state index is 14.3. The third-order valence-corrected chi connectivity index (χ3v) is 5.99. The number of rotatable bonds is 5. The van der Waals surface area contributed by atoms with Crippen LogP contribution in [0.25, 0.3) is 11.0 Å². The van der Waals surface area contributed by atoms with Crippen molar-refractivity contribution in [3.8, 4) is 0 Å². The number of benzene rings is 2. The predicted octanol–water partition coefficient (Wildman–Crippen LogP) is 3.72. The van der Waals surface area contributed by atoms with Gasteiger partial charge in [-0.3, -0.25) is 4.79 Å². The first kappa shape index (κ1) is 18.2. The van der Waals surface area contributed by atoms with Crippen LogP contribution in [-0.2, 0) is 11.3 Å². The van der Waals surface area contributed by atoms with E-state index in [1.165, 1.54) is 6.07 Å². The molecular weight excluding hydrogens is 367 g/mol. The molecule has 29 heavy (non-hydrogen) atoms. The van der Waals surface area contributed by atoms with Crippen molar-refractivity contribution in [1.82, 2.24) is 14.9 Å². The Hall–Kier alpha value is -2.89. The van der Waals surface area contributed by atoms with Crippen LogP contribution < -0.4 is 10.2 Å². The Morgan fingerprint density at radius 2 is 1.76 bits per heavy atom. The first-order valence-corrected chi connectivity index (χ1v) is 10.4. The van der Waals surface area contributed by atoms with Gasteiger partial charge in [0, 0.05) is 30.6 Å². The summed E-state index contributed by atoms with van der Waals surface area (Å²) in [6.45, 7) is 2.00. The third kappa shape index (κ3) is 3.71. The zero-order chi connectivity index (χ0) is 19.8. The fraction of sp³-hybridized carbons (Fsp3) is 0.391. The number of para-hydroxylation sites is 2. The number of fused-ring (bicyclic) bond motifs is 1. The number of hydrogen-bond acceptors (Lipinski definition) is 3. The molecule has 0 unspecified atom stereocenters. The molecule has 2 heterocycles. The summed E-state index contributed by atoms with van der Waals surface area (Å²) in [5, 5.41) is 3.13. The summed E-state index contributed by atoms with van der Waals surface area (Å²) >= 11 is 0. The molecule has 0 bridgehead atoms. The number of halogens is 1. The van der Waals surface area contributed by atoms with Crippen LogP contribution >= 0.6 is 0 Å². The van der Waals surface area contributed by atoms with Crippen LogP contribution in [0.3, 0.4) is 0 Å². The van der Waals surface area contributed by atoms with Gasteiger partial charge >= 0.3 is 0 Å². The fourth-order valence-electron chi connectivity index (χ4n) is 4.15. The fourth-order valence-corrected chi connectivity index (χ4v) is 4.15. The zero-order valence-electron chi connectivity index (χ0n) is 16.4. The molecular formula is C23H25FN4O. The minimum Gasteiger partial charge on any atom is -0.353 e. The van der Waals surface area contributed by atoms with Crippen molar-refractivity contribution in [3.05, 3.63) is 59.9 Å². The lowest BCUT2D eigenvalue weighted by atomic mass is 9.96. The van der Waals surface area contributed by atoms with Crippen molar-refractivity contribution < 1.29 is 9.18 Å². The van der Waals surface area contributed by atoms with Crippen LogP contribution in [0.4, 0.5) is 10.3 Å². The molecule has 6 heteroatoms. The first-order valence-electron chi connectivity index (χ1n) is 10.4. The van der Waals surface area contributed by atoms with E-state index >= 15 is 0 Å². The highest BCUT2D eigenvalue weighted by Crippen LogP contribution is 2.29. The summed E-state index contributed by atoms with van der Waals surface area (Å²) in [5.74, 6) is 0.936. The second kappa shape index (κ2) is 7.50. The number of piperidine rings is 1. The van der Waals surface area contributed by atoms with Gasteiger partial charge in [-0.2, -0.15) is 0 Å². The maximum absolute atomic E-state index is 14.3. The number of imidazole rings is 1. The van der Waals surface area contributed by atoms with Gasteiger partial charge in [-0.05, 0) is 43.9 Å². The molecule has 5 nitrogen and oxygen atoms in total. The lowest BCUT2D eigenvalue weighted by molar-refractivity contribution is -0.125. The van der Waals surface area contributed by atoms with Gasteiger partial charge in [0.25, 0.3) is 0 Å². The Morgan fingerprint density at radius 3 is 2.52 bits per heavy atom. The van der Waals surface area contributed by atoms with E-state index in [0.717, 1.165) is 55.8 Å². The van der Waals surface area contributed by atoms with Crippen LogP contribution in [0.15, 0.2) is 48.5 Å². The van der Waals surface area contributed by atoms with Crippen LogP contribution in [0.1, 0.15) is 31.2 Å². The molecule has 150 valence electrons. The Labute approximate surface area is 169 Å². The summed E-state index contributed by atoms with van der Waals surface area (Å²) in [6, 6.07) is 15.3. The molecule has 1 aromatic heterocycles. The van der Waals surface area contributed by atoms with Crippen LogP contribution in [-0.4, -0.2) is 34.6 Å². The van der Waals surface area contributed by atoms with Crippen molar-refractivity contribution in [2.75, 3.05) is 18.0 Å². The molecule has 5 rings (SSSR count). The van der Waals surface area contributed by atoms with Gasteiger partial charge in [0.15, 0.2) is 0 Å². The molecule has 0 atom stereocenters. The van der Waals surface area contributed by atoms with Gasteiger partial charge in [0.05, 0.1) is 17.6 Å². The van der Waals surface area contributed by atoms with Crippen molar-refractivity contribution >= 4 is 22.9 Å². The van der Waals surface area contributed by atoms with E-state index in [-0.39, 0.29) is 17.6 Å². The smallest absolute Gasteiger partial charge is 0.223 e. The van der Waals surface area contributed by atoms with Crippen molar-refractivity contribution in [2.24, 2.45) is 5.92 Å². The van der Waals surface area contributed by atoms with Gasteiger partial charge in [0.1, 0.15) is 5.82 Å². The molecule has 1 amide bonds. The molecule has 1 aliphatic carbocycles. The second-order valence-electron chi connectivity index (χ2n) is 8.12. The number of hydrogen-bond donors (Lipinski definition) is 1. The predicted molar refractivity (Wildman–Crippen MR) is 111 cm³/mol. The van der Waals surface area contributed by atoms with Gasteiger partial charge in [-0.25, -0.2) is 9.37 Å². The van der Waals surface area contributed by atoms with Gasteiger partial charge in [0.2, 0.25) is 11.9 Å². The van der Waals surface area contributed by atoms with Gasteiger partial charge in [-0.15, -0.1) is 0 Å². The lowest BCUT2D eigenvalue weighted by Crippen LogP contribution is -2.42. The number of carbonyl (C=O) groups is 1. The summed E-state index contributed by atoms with van der Waals surface area (Å²) in [5.41, 5.74) is 2.56. The first-order chi connectivity index (χ1) is 14.2. The van der Waals surface area contributed by atoms with Crippen LogP contribution in [0, 0.1) is 11.7 Å². The summed E-state index contributed by atoms with van der Waals surface area (Å²) < 4.78 is 16.4. The van der Waals surface area contributed by atoms with E-state index in [0.29, 0.717) is 18.2 Å². The quantitative estimate of drug-likeness (QED) is 0.720. The van der Waals surface area contributed by atoms with E-state index in [1.807, 2.05) is 36.4 Å². The van der Waals surface area contributed by atoms with E-state index in [1.54, 1.807) is 6.07 Å².